The molecule has 31 heavy (non-hydrogen) atoms. The van der Waals surface area contributed by atoms with Crippen molar-refractivity contribution in [3.63, 3.8) is 0 Å². The SMILES string of the molecule is CCc1ccc(N=C2NC(=O)/C(=C/c3cc(C)n(-c4ccc(CC)cc4)c3C)S2)cc1. The second-order valence-electron chi connectivity index (χ2n) is 7.68. The molecule has 3 aromatic rings. The molecule has 1 aliphatic heterocycles. The number of rotatable bonds is 5. The van der Waals surface area contributed by atoms with E-state index >= 15 is 0 Å². The van der Waals surface area contributed by atoms with Gasteiger partial charge >= 0.3 is 0 Å². The fourth-order valence-corrected chi connectivity index (χ4v) is 4.59. The summed E-state index contributed by atoms with van der Waals surface area (Å²) >= 11 is 1.38. The Morgan fingerprint density at radius 3 is 2.19 bits per heavy atom. The van der Waals surface area contributed by atoms with Crippen molar-refractivity contribution in [3.8, 4) is 5.69 Å². The van der Waals surface area contributed by atoms with E-state index in [0.29, 0.717) is 10.1 Å². The third-order valence-corrected chi connectivity index (χ3v) is 6.50. The van der Waals surface area contributed by atoms with Gasteiger partial charge in [-0.2, -0.15) is 0 Å². The van der Waals surface area contributed by atoms with Crippen molar-refractivity contribution in [1.29, 1.82) is 0 Å². The zero-order valence-electron chi connectivity index (χ0n) is 18.4. The quantitative estimate of drug-likeness (QED) is 0.497. The number of amides is 1. The van der Waals surface area contributed by atoms with Gasteiger partial charge in [-0.3, -0.25) is 4.79 Å². The predicted molar refractivity (Wildman–Crippen MR) is 131 cm³/mol. The van der Waals surface area contributed by atoms with E-state index in [1.807, 2.05) is 18.2 Å². The summed E-state index contributed by atoms with van der Waals surface area (Å²) < 4.78 is 2.23. The molecule has 0 radical (unpaired) electrons. The summed E-state index contributed by atoms with van der Waals surface area (Å²) in [5.41, 5.74) is 7.87. The van der Waals surface area contributed by atoms with Crippen molar-refractivity contribution in [1.82, 2.24) is 9.88 Å². The zero-order chi connectivity index (χ0) is 22.0. The third-order valence-electron chi connectivity index (χ3n) is 5.59. The Hall–Kier alpha value is -3.05. The van der Waals surface area contributed by atoms with Crippen LogP contribution in [0.2, 0.25) is 0 Å². The lowest BCUT2D eigenvalue weighted by Gasteiger charge is -2.10. The van der Waals surface area contributed by atoms with Crippen LogP contribution in [0.25, 0.3) is 11.8 Å². The van der Waals surface area contributed by atoms with Crippen LogP contribution in [-0.4, -0.2) is 15.6 Å². The van der Waals surface area contributed by atoms with Gasteiger partial charge in [0.15, 0.2) is 5.17 Å². The molecule has 0 bridgehead atoms. The monoisotopic (exact) mass is 429 g/mol. The number of carbonyl (C=O) groups excluding carboxylic acids is 1. The molecule has 5 heteroatoms. The number of nitrogens with one attached hydrogen (secondary N) is 1. The van der Waals surface area contributed by atoms with Gasteiger partial charge in [-0.05, 0) is 91.5 Å². The lowest BCUT2D eigenvalue weighted by molar-refractivity contribution is -0.115. The number of nitrogens with zero attached hydrogens (tertiary/aromatic N) is 2. The highest BCUT2D eigenvalue weighted by Gasteiger charge is 2.24. The minimum absolute atomic E-state index is 0.106. The van der Waals surface area contributed by atoms with Gasteiger partial charge in [-0.25, -0.2) is 4.99 Å². The first kappa shape index (κ1) is 21.2. The number of benzene rings is 2. The molecule has 1 fully saturated rings. The number of aromatic nitrogens is 1. The summed E-state index contributed by atoms with van der Waals surface area (Å²) in [5.74, 6) is -0.106. The molecule has 0 atom stereocenters. The molecule has 0 aliphatic carbocycles. The first-order valence-corrected chi connectivity index (χ1v) is 11.5. The molecule has 2 heterocycles. The number of amidine groups is 1. The maximum absolute atomic E-state index is 12.5. The molecule has 2 aromatic carbocycles. The summed E-state index contributed by atoms with van der Waals surface area (Å²) in [4.78, 5) is 17.8. The van der Waals surface area contributed by atoms with Gasteiger partial charge in [-0.1, -0.05) is 38.1 Å². The number of aliphatic imine (C=N–C) groups is 1. The fraction of sp³-hybridized carbons (Fsp3) is 0.231. The van der Waals surface area contributed by atoms with Crippen molar-refractivity contribution in [2.75, 3.05) is 0 Å². The first-order valence-electron chi connectivity index (χ1n) is 10.6. The van der Waals surface area contributed by atoms with Gasteiger partial charge in [0.1, 0.15) is 0 Å². The van der Waals surface area contributed by atoms with Crippen LogP contribution in [0.5, 0.6) is 0 Å². The van der Waals surface area contributed by atoms with Crippen LogP contribution in [0, 0.1) is 13.8 Å². The highest BCUT2D eigenvalue weighted by Crippen LogP contribution is 2.30. The van der Waals surface area contributed by atoms with E-state index in [9.17, 15) is 4.79 Å². The van der Waals surface area contributed by atoms with E-state index in [4.69, 9.17) is 0 Å². The molecule has 1 N–H and O–H groups in total. The third kappa shape index (κ3) is 4.52. The largest absolute Gasteiger partial charge is 0.318 e. The van der Waals surface area contributed by atoms with Gasteiger partial charge in [0.25, 0.3) is 5.91 Å². The summed E-state index contributed by atoms with van der Waals surface area (Å²) in [6.45, 7) is 8.47. The number of carbonyl (C=O) groups is 1. The summed E-state index contributed by atoms with van der Waals surface area (Å²) in [5, 5.41) is 3.50. The maximum Gasteiger partial charge on any atom is 0.264 e. The molecule has 1 aliphatic rings. The Morgan fingerprint density at radius 2 is 1.58 bits per heavy atom. The lowest BCUT2D eigenvalue weighted by Crippen LogP contribution is -2.19. The first-order chi connectivity index (χ1) is 15.0. The molecule has 4 rings (SSSR count). The van der Waals surface area contributed by atoms with Crippen LogP contribution in [0.15, 0.2) is 64.5 Å². The molecule has 0 unspecified atom stereocenters. The fourth-order valence-electron chi connectivity index (χ4n) is 3.76. The molecular formula is C26H27N3OS. The average Bonchev–Trinajstić information content (AvgIpc) is 3.26. The summed E-state index contributed by atoms with van der Waals surface area (Å²) in [6, 6.07) is 18.9. The lowest BCUT2D eigenvalue weighted by atomic mass is 10.1. The number of thioether (sulfide) groups is 1. The van der Waals surface area contributed by atoms with Crippen LogP contribution >= 0.6 is 11.8 Å². The Labute approximate surface area is 188 Å². The molecule has 158 valence electrons. The predicted octanol–water partition coefficient (Wildman–Crippen LogP) is 6.11. The number of hydrogen-bond acceptors (Lipinski definition) is 3. The van der Waals surface area contributed by atoms with E-state index in [0.717, 1.165) is 41.2 Å². The molecule has 1 amide bonds. The Bertz CT molecular complexity index is 1170. The van der Waals surface area contributed by atoms with Gasteiger partial charge in [0.2, 0.25) is 0 Å². The summed E-state index contributed by atoms with van der Waals surface area (Å²) in [6.07, 6.45) is 3.98. The number of aryl methyl sites for hydroxylation is 3. The van der Waals surface area contributed by atoms with Crippen molar-refractivity contribution in [2.45, 2.75) is 40.5 Å². The summed E-state index contributed by atoms with van der Waals surface area (Å²) in [7, 11) is 0. The van der Waals surface area contributed by atoms with Crippen molar-refractivity contribution in [3.05, 3.63) is 87.6 Å². The zero-order valence-corrected chi connectivity index (χ0v) is 19.2. The van der Waals surface area contributed by atoms with Gasteiger partial charge < -0.3 is 9.88 Å². The second kappa shape index (κ2) is 8.98. The molecular weight excluding hydrogens is 402 g/mol. The smallest absolute Gasteiger partial charge is 0.264 e. The minimum Gasteiger partial charge on any atom is -0.318 e. The van der Waals surface area contributed by atoms with Gasteiger partial charge in [0.05, 0.1) is 10.6 Å². The van der Waals surface area contributed by atoms with Crippen molar-refractivity contribution < 1.29 is 4.79 Å². The standard InChI is InChI=1S/C26H27N3OS/c1-5-19-7-11-22(12-8-19)27-26-28-25(30)24(31-26)16-21-15-17(3)29(18(21)4)23-13-9-20(6-2)10-14-23/h7-16H,5-6H2,1-4H3,(H,27,28,30)/b24-16-. The van der Waals surface area contributed by atoms with Gasteiger partial charge in [-0.15, -0.1) is 0 Å². The van der Waals surface area contributed by atoms with E-state index in [-0.39, 0.29) is 5.91 Å². The molecule has 0 spiro atoms. The Kier molecular flexibility index (Phi) is 6.14. The highest BCUT2D eigenvalue weighted by atomic mass is 32.2. The van der Waals surface area contributed by atoms with Crippen LogP contribution < -0.4 is 5.32 Å². The van der Waals surface area contributed by atoms with Gasteiger partial charge in [0, 0.05) is 17.1 Å². The Balaban J connectivity index is 1.59. The molecule has 0 saturated carbocycles. The van der Waals surface area contributed by atoms with Crippen LogP contribution in [0.4, 0.5) is 5.69 Å². The van der Waals surface area contributed by atoms with E-state index in [2.05, 4.69) is 85.0 Å². The van der Waals surface area contributed by atoms with E-state index < -0.39 is 0 Å². The Morgan fingerprint density at radius 1 is 0.968 bits per heavy atom. The van der Waals surface area contributed by atoms with E-state index in [1.165, 1.54) is 22.9 Å². The number of hydrogen-bond donors (Lipinski definition) is 1. The van der Waals surface area contributed by atoms with E-state index in [1.54, 1.807) is 0 Å². The maximum atomic E-state index is 12.5. The van der Waals surface area contributed by atoms with Crippen molar-refractivity contribution in [2.24, 2.45) is 4.99 Å². The molecule has 1 saturated heterocycles. The topological polar surface area (TPSA) is 46.4 Å². The molecule has 1 aromatic heterocycles. The highest BCUT2D eigenvalue weighted by molar-refractivity contribution is 8.18. The minimum atomic E-state index is -0.106. The molecule has 4 nitrogen and oxygen atoms in total. The van der Waals surface area contributed by atoms with Crippen LogP contribution in [0.1, 0.15) is 41.9 Å². The normalized spacial score (nSPS) is 16.3. The average molecular weight is 430 g/mol. The van der Waals surface area contributed by atoms with Crippen molar-refractivity contribution >= 4 is 34.6 Å². The van der Waals surface area contributed by atoms with Crippen LogP contribution in [0.3, 0.4) is 0 Å². The van der Waals surface area contributed by atoms with Crippen LogP contribution in [-0.2, 0) is 17.6 Å². The second-order valence-corrected chi connectivity index (χ2v) is 8.71.